The molecule has 0 bridgehead atoms. The predicted molar refractivity (Wildman–Crippen MR) is 101 cm³/mol. The van der Waals surface area contributed by atoms with E-state index in [-0.39, 0.29) is 0 Å². The van der Waals surface area contributed by atoms with Gasteiger partial charge in [-0.1, -0.05) is 29.8 Å². The zero-order chi connectivity index (χ0) is 17.4. The summed E-state index contributed by atoms with van der Waals surface area (Å²) in [6.45, 7) is 8.91. The minimum absolute atomic E-state index is 0.857. The van der Waals surface area contributed by atoms with Crippen molar-refractivity contribution in [1.29, 1.82) is 0 Å². The quantitative estimate of drug-likeness (QED) is 0.467. The van der Waals surface area contributed by atoms with Crippen LogP contribution in [-0.4, -0.2) is 35.9 Å². The van der Waals surface area contributed by atoms with Crippen molar-refractivity contribution >= 4 is 5.96 Å². The van der Waals surface area contributed by atoms with Gasteiger partial charge >= 0.3 is 0 Å². The second-order valence-corrected chi connectivity index (χ2v) is 6.17. The lowest BCUT2D eigenvalue weighted by molar-refractivity contribution is 0.555. The smallest absolute Gasteiger partial charge is 0.190 e. The van der Waals surface area contributed by atoms with Crippen molar-refractivity contribution in [2.75, 3.05) is 20.1 Å². The molecule has 0 amide bonds. The first-order chi connectivity index (χ1) is 11.6. The predicted octanol–water partition coefficient (Wildman–Crippen LogP) is 2.61. The largest absolute Gasteiger partial charge is 0.356 e. The van der Waals surface area contributed by atoms with Crippen LogP contribution in [0, 0.1) is 20.8 Å². The highest BCUT2D eigenvalue weighted by Gasteiger charge is 2.01. The van der Waals surface area contributed by atoms with Gasteiger partial charge in [0.15, 0.2) is 5.96 Å². The molecule has 0 fully saturated rings. The zero-order valence-corrected chi connectivity index (χ0v) is 15.3. The van der Waals surface area contributed by atoms with Crippen LogP contribution >= 0.6 is 0 Å². The van der Waals surface area contributed by atoms with Gasteiger partial charge in [-0.05, 0) is 45.2 Å². The summed E-state index contributed by atoms with van der Waals surface area (Å²) in [7, 11) is 1.81. The van der Waals surface area contributed by atoms with E-state index in [1.165, 1.54) is 16.8 Å². The number of hydrogen-bond donors (Lipinski definition) is 2. The Hall–Kier alpha value is -2.30. The molecule has 0 atom stereocenters. The number of rotatable bonds is 7. The average Bonchev–Trinajstić information content (AvgIpc) is 2.89. The monoisotopic (exact) mass is 327 g/mol. The molecule has 0 saturated heterocycles. The zero-order valence-electron chi connectivity index (χ0n) is 15.3. The molecule has 0 unspecified atom stereocenters. The van der Waals surface area contributed by atoms with E-state index in [9.17, 15) is 0 Å². The minimum Gasteiger partial charge on any atom is -0.356 e. The summed E-state index contributed by atoms with van der Waals surface area (Å²) in [4.78, 5) is 4.27. The van der Waals surface area contributed by atoms with Crippen LogP contribution in [0.15, 0.2) is 35.3 Å². The van der Waals surface area contributed by atoms with E-state index < -0.39 is 0 Å². The Morgan fingerprint density at radius 3 is 2.42 bits per heavy atom. The molecule has 1 aromatic carbocycles. The Kier molecular flexibility index (Phi) is 6.85. The number of aryl methyl sites for hydroxylation is 4. The Morgan fingerprint density at radius 1 is 1.08 bits per heavy atom. The van der Waals surface area contributed by atoms with Gasteiger partial charge < -0.3 is 10.6 Å². The molecule has 5 nitrogen and oxygen atoms in total. The first-order valence-corrected chi connectivity index (χ1v) is 8.59. The average molecular weight is 327 g/mol. The molecule has 2 N–H and O–H groups in total. The first kappa shape index (κ1) is 18.0. The van der Waals surface area contributed by atoms with Crippen LogP contribution in [0.2, 0.25) is 0 Å². The lowest BCUT2D eigenvalue weighted by atomic mass is 10.1. The Balaban J connectivity index is 1.65. The van der Waals surface area contributed by atoms with E-state index in [0.29, 0.717) is 0 Å². The summed E-state index contributed by atoms with van der Waals surface area (Å²) in [5, 5.41) is 11.2. The number of aliphatic imine (C=N–C) groups is 1. The fourth-order valence-corrected chi connectivity index (χ4v) is 2.64. The van der Waals surface area contributed by atoms with Crippen molar-refractivity contribution in [3.05, 3.63) is 52.8 Å². The van der Waals surface area contributed by atoms with Crippen molar-refractivity contribution in [2.45, 2.75) is 40.2 Å². The summed E-state index contributed by atoms with van der Waals surface area (Å²) in [5.41, 5.74) is 4.93. The summed E-state index contributed by atoms with van der Waals surface area (Å²) >= 11 is 0. The summed E-state index contributed by atoms with van der Waals surface area (Å²) in [6.07, 6.45) is 2.01. The van der Waals surface area contributed by atoms with Crippen LogP contribution in [-0.2, 0) is 13.0 Å². The Labute approximate surface area is 145 Å². The molecule has 0 radical (unpaired) electrons. The topological polar surface area (TPSA) is 54.2 Å². The molecule has 2 aromatic rings. The molecule has 0 aliphatic heterocycles. The molecular weight excluding hydrogens is 298 g/mol. The maximum atomic E-state index is 4.48. The summed E-state index contributed by atoms with van der Waals surface area (Å²) in [6, 6.07) is 10.8. The van der Waals surface area contributed by atoms with E-state index >= 15 is 0 Å². The molecule has 1 heterocycles. The van der Waals surface area contributed by atoms with Crippen molar-refractivity contribution in [3.8, 4) is 0 Å². The van der Waals surface area contributed by atoms with E-state index in [0.717, 1.165) is 44.1 Å². The van der Waals surface area contributed by atoms with Crippen molar-refractivity contribution < 1.29 is 0 Å². The normalized spacial score (nSPS) is 11.6. The van der Waals surface area contributed by atoms with Gasteiger partial charge in [0.2, 0.25) is 0 Å². The third-order valence-electron chi connectivity index (χ3n) is 3.99. The maximum Gasteiger partial charge on any atom is 0.190 e. The van der Waals surface area contributed by atoms with Crippen molar-refractivity contribution in [1.82, 2.24) is 20.4 Å². The van der Waals surface area contributed by atoms with Gasteiger partial charge in [-0.3, -0.25) is 9.67 Å². The van der Waals surface area contributed by atoms with Crippen molar-refractivity contribution in [3.63, 3.8) is 0 Å². The highest BCUT2D eigenvalue weighted by Crippen LogP contribution is 2.03. The molecular formula is C19H29N5. The molecule has 130 valence electrons. The van der Waals surface area contributed by atoms with Gasteiger partial charge in [0.05, 0.1) is 5.69 Å². The van der Waals surface area contributed by atoms with E-state index in [1.807, 2.05) is 14.0 Å². The minimum atomic E-state index is 0.857. The number of nitrogens with zero attached hydrogens (tertiary/aromatic N) is 3. The van der Waals surface area contributed by atoms with Gasteiger partial charge in [0, 0.05) is 32.4 Å². The SMILES string of the molecule is CN=C(NCCCn1nc(C)cc1C)NCCc1ccc(C)cc1. The van der Waals surface area contributed by atoms with Crippen molar-refractivity contribution in [2.24, 2.45) is 4.99 Å². The number of aromatic nitrogens is 2. The van der Waals surface area contributed by atoms with Crippen LogP contribution in [0.5, 0.6) is 0 Å². The number of nitrogens with one attached hydrogen (secondary N) is 2. The van der Waals surface area contributed by atoms with Crippen LogP contribution in [0.25, 0.3) is 0 Å². The highest BCUT2D eigenvalue weighted by atomic mass is 15.3. The van der Waals surface area contributed by atoms with Gasteiger partial charge in [-0.25, -0.2) is 0 Å². The van der Waals surface area contributed by atoms with Gasteiger partial charge in [-0.2, -0.15) is 5.10 Å². The van der Waals surface area contributed by atoms with Crippen LogP contribution in [0.3, 0.4) is 0 Å². The summed E-state index contributed by atoms with van der Waals surface area (Å²) in [5.74, 6) is 0.857. The molecule has 0 saturated carbocycles. The van der Waals surface area contributed by atoms with Gasteiger partial charge in [-0.15, -0.1) is 0 Å². The molecule has 0 aliphatic carbocycles. The molecule has 24 heavy (non-hydrogen) atoms. The fraction of sp³-hybridized carbons (Fsp3) is 0.474. The second kappa shape index (κ2) is 9.11. The van der Waals surface area contributed by atoms with Crippen LogP contribution < -0.4 is 10.6 Å². The van der Waals surface area contributed by atoms with Crippen LogP contribution in [0.4, 0.5) is 0 Å². The third kappa shape index (κ3) is 5.72. The number of guanidine groups is 1. The third-order valence-corrected chi connectivity index (χ3v) is 3.99. The fourth-order valence-electron chi connectivity index (χ4n) is 2.64. The van der Waals surface area contributed by atoms with Gasteiger partial charge in [0.25, 0.3) is 0 Å². The van der Waals surface area contributed by atoms with Gasteiger partial charge in [0.1, 0.15) is 0 Å². The summed E-state index contributed by atoms with van der Waals surface area (Å²) < 4.78 is 2.06. The Morgan fingerprint density at radius 2 is 1.79 bits per heavy atom. The second-order valence-electron chi connectivity index (χ2n) is 6.17. The standard InChI is InChI=1S/C19H29N5/c1-15-6-8-18(9-7-15)10-12-22-19(20-4)21-11-5-13-24-17(3)14-16(2)23-24/h6-9,14H,5,10-13H2,1-4H3,(H2,20,21,22). The number of hydrogen-bond acceptors (Lipinski definition) is 2. The lowest BCUT2D eigenvalue weighted by Crippen LogP contribution is -2.39. The Bertz CT molecular complexity index is 655. The first-order valence-electron chi connectivity index (χ1n) is 8.59. The molecule has 0 spiro atoms. The molecule has 2 rings (SSSR count). The molecule has 5 heteroatoms. The van der Waals surface area contributed by atoms with Crippen LogP contribution in [0.1, 0.15) is 28.9 Å². The molecule has 0 aliphatic rings. The van der Waals surface area contributed by atoms with E-state index in [2.05, 4.69) is 69.6 Å². The number of benzene rings is 1. The van der Waals surface area contributed by atoms with E-state index in [4.69, 9.17) is 0 Å². The highest BCUT2D eigenvalue weighted by molar-refractivity contribution is 5.79. The van der Waals surface area contributed by atoms with E-state index in [1.54, 1.807) is 0 Å². The maximum absolute atomic E-state index is 4.48. The lowest BCUT2D eigenvalue weighted by Gasteiger charge is -2.12. The molecule has 1 aromatic heterocycles.